The third-order valence-corrected chi connectivity index (χ3v) is 4.13. The van der Waals surface area contributed by atoms with Crippen LogP contribution >= 0.6 is 0 Å². The van der Waals surface area contributed by atoms with Gasteiger partial charge < -0.3 is 14.8 Å². The number of hydrogen-bond donors (Lipinski definition) is 1. The molecule has 2 aromatic rings. The monoisotopic (exact) mass is 291 g/mol. The number of ether oxygens (including phenoxy) is 2. The molecule has 3 atom stereocenters. The lowest BCUT2D eigenvalue weighted by atomic mass is 9.85. The number of nitrogens with zero attached hydrogens (tertiary/aromatic N) is 4. The number of fused-ring (bicyclic) bond motifs is 1. The Hall–Kier alpha value is -1.73. The zero-order valence-electron chi connectivity index (χ0n) is 12.8. The van der Waals surface area contributed by atoms with Crippen molar-refractivity contribution >= 4 is 11.6 Å². The lowest BCUT2D eigenvalue weighted by Gasteiger charge is -2.43. The van der Waals surface area contributed by atoms with Gasteiger partial charge in [-0.05, 0) is 27.2 Å². The first-order chi connectivity index (χ1) is 10.2. The minimum atomic E-state index is 0.0522. The van der Waals surface area contributed by atoms with Gasteiger partial charge in [-0.15, -0.1) is 0 Å². The third kappa shape index (κ3) is 2.36. The molecule has 0 bridgehead atoms. The number of aryl methyl sites for hydroxylation is 1. The number of aromatic nitrogens is 4. The molecule has 1 aliphatic rings. The van der Waals surface area contributed by atoms with Gasteiger partial charge in [0.15, 0.2) is 0 Å². The van der Waals surface area contributed by atoms with Crippen LogP contribution in [0.5, 0.6) is 0 Å². The molecule has 0 unspecified atom stereocenters. The molecule has 0 radical (unpaired) electrons. The molecular weight excluding hydrogens is 270 g/mol. The Morgan fingerprint density at radius 1 is 1.43 bits per heavy atom. The van der Waals surface area contributed by atoms with Crippen LogP contribution in [0, 0.1) is 13.8 Å². The normalized spacial score (nSPS) is 25.0. The molecule has 3 rings (SSSR count). The number of methoxy groups -OCH3 is 1. The van der Waals surface area contributed by atoms with Crippen LogP contribution in [0.3, 0.4) is 0 Å². The molecule has 1 N–H and O–H groups in total. The summed E-state index contributed by atoms with van der Waals surface area (Å²) in [5.74, 6) is 1.53. The van der Waals surface area contributed by atoms with Gasteiger partial charge in [0.1, 0.15) is 18.2 Å². The molecule has 1 saturated carbocycles. The smallest absolute Gasteiger partial charge is 0.254 e. The van der Waals surface area contributed by atoms with E-state index in [0.29, 0.717) is 12.4 Å². The van der Waals surface area contributed by atoms with E-state index < -0.39 is 0 Å². The quantitative estimate of drug-likeness (QED) is 0.896. The number of rotatable bonds is 5. The van der Waals surface area contributed by atoms with Gasteiger partial charge in [0, 0.05) is 25.0 Å². The van der Waals surface area contributed by atoms with Crippen LogP contribution in [0.2, 0.25) is 0 Å². The highest BCUT2D eigenvalue weighted by Crippen LogP contribution is 2.31. The standard InChI is InChI=1S/C14H21N5O2/c1-5-21-11-6-10(12(11)20-4)18-13-8(2)9(3)17-14-15-7-16-19(13)14/h7,10-12,18H,5-6H2,1-4H3/t10-,11+,12-/m0/s1. The van der Waals surface area contributed by atoms with Gasteiger partial charge in [0.05, 0.1) is 12.1 Å². The van der Waals surface area contributed by atoms with Crippen molar-refractivity contribution in [3.63, 3.8) is 0 Å². The lowest BCUT2D eigenvalue weighted by Crippen LogP contribution is -2.57. The molecule has 21 heavy (non-hydrogen) atoms. The fourth-order valence-corrected chi connectivity index (χ4v) is 2.79. The van der Waals surface area contributed by atoms with Gasteiger partial charge in [-0.2, -0.15) is 14.6 Å². The summed E-state index contributed by atoms with van der Waals surface area (Å²) in [6.45, 7) is 6.72. The maximum Gasteiger partial charge on any atom is 0.254 e. The second kappa shape index (κ2) is 5.57. The highest BCUT2D eigenvalue weighted by Gasteiger charge is 2.42. The van der Waals surface area contributed by atoms with E-state index in [4.69, 9.17) is 9.47 Å². The molecule has 0 aliphatic heterocycles. The molecular formula is C14H21N5O2. The summed E-state index contributed by atoms with van der Waals surface area (Å²) in [5.41, 5.74) is 2.02. The largest absolute Gasteiger partial charge is 0.377 e. The highest BCUT2D eigenvalue weighted by molar-refractivity contribution is 5.53. The van der Waals surface area contributed by atoms with Crippen molar-refractivity contribution < 1.29 is 9.47 Å². The van der Waals surface area contributed by atoms with Gasteiger partial charge >= 0.3 is 0 Å². The van der Waals surface area contributed by atoms with Crippen molar-refractivity contribution in [3.05, 3.63) is 17.6 Å². The second-order valence-electron chi connectivity index (χ2n) is 5.32. The van der Waals surface area contributed by atoms with Gasteiger partial charge in [0.25, 0.3) is 5.78 Å². The van der Waals surface area contributed by atoms with Crippen molar-refractivity contribution in [3.8, 4) is 0 Å². The number of hydrogen-bond acceptors (Lipinski definition) is 6. The molecule has 0 saturated heterocycles. The van der Waals surface area contributed by atoms with Gasteiger partial charge in [0.2, 0.25) is 0 Å². The van der Waals surface area contributed by atoms with Crippen molar-refractivity contribution in [2.24, 2.45) is 0 Å². The van der Waals surface area contributed by atoms with Crippen LogP contribution in [0.15, 0.2) is 6.33 Å². The minimum Gasteiger partial charge on any atom is -0.377 e. The Kier molecular flexibility index (Phi) is 3.77. The van der Waals surface area contributed by atoms with Crippen LogP contribution < -0.4 is 5.32 Å². The molecule has 1 aliphatic carbocycles. The average molecular weight is 291 g/mol. The first kappa shape index (κ1) is 14.2. The van der Waals surface area contributed by atoms with E-state index in [1.807, 2.05) is 20.8 Å². The van der Waals surface area contributed by atoms with Crippen molar-refractivity contribution in [2.45, 2.75) is 45.4 Å². The summed E-state index contributed by atoms with van der Waals surface area (Å²) in [7, 11) is 1.72. The molecule has 2 aromatic heterocycles. The van der Waals surface area contributed by atoms with E-state index in [9.17, 15) is 0 Å². The summed E-state index contributed by atoms with van der Waals surface area (Å²) in [4.78, 5) is 8.58. The fraction of sp³-hybridized carbons (Fsp3) is 0.643. The zero-order valence-corrected chi connectivity index (χ0v) is 12.8. The number of anilines is 1. The van der Waals surface area contributed by atoms with Gasteiger partial charge in [-0.3, -0.25) is 0 Å². The summed E-state index contributed by atoms with van der Waals surface area (Å²) >= 11 is 0. The van der Waals surface area contributed by atoms with Crippen LogP contribution in [0.1, 0.15) is 24.6 Å². The molecule has 0 aromatic carbocycles. The summed E-state index contributed by atoms with van der Waals surface area (Å²) in [5, 5.41) is 7.77. The molecule has 7 heteroatoms. The molecule has 114 valence electrons. The maximum absolute atomic E-state index is 5.66. The topological polar surface area (TPSA) is 73.6 Å². The average Bonchev–Trinajstić information content (AvgIpc) is 2.89. The first-order valence-corrected chi connectivity index (χ1v) is 7.23. The zero-order chi connectivity index (χ0) is 15.0. The third-order valence-electron chi connectivity index (χ3n) is 4.13. The Bertz CT molecular complexity index is 642. The molecule has 1 fully saturated rings. The van der Waals surface area contributed by atoms with E-state index in [1.54, 1.807) is 11.6 Å². The lowest BCUT2D eigenvalue weighted by molar-refractivity contribution is -0.118. The predicted octanol–water partition coefficient (Wildman–Crippen LogP) is 1.35. The van der Waals surface area contributed by atoms with Crippen molar-refractivity contribution in [2.75, 3.05) is 19.0 Å². The first-order valence-electron chi connectivity index (χ1n) is 7.23. The number of nitrogens with one attached hydrogen (secondary N) is 1. The second-order valence-corrected chi connectivity index (χ2v) is 5.32. The molecule has 0 spiro atoms. The predicted molar refractivity (Wildman–Crippen MR) is 78.5 cm³/mol. The van der Waals surface area contributed by atoms with Crippen LogP contribution in [-0.4, -0.2) is 51.5 Å². The fourth-order valence-electron chi connectivity index (χ4n) is 2.79. The van der Waals surface area contributed by atoms with Crippen LogP contribution in [0.4, 0.5) is 5.82 Å². The molecule has 7 nitrogen and oxygen atoms in total. The van der Waals surface area contributed by atoms with Crippen molar-refractivity contribution in [1.29, 1.82) is 0 Å². The van der Waals surface area contributed by atoms with Crippen LogP contribution in [0.25, 0.3) is 5.78 Å². The van der Waals surface area contributed by atoms with Crippen LogP contribution in [-0.2, 0) is 9.47 Å². The Morgan fingerprint density at radius 2 is 2.24 bits per heavy atom. The summed E-state index contributed by atoms with van der Waals surface area (Å²) < 4.78 is 13.0. The Balaban J connectivity index is 1.85. The Labute approximate surface area is 123 Å². The van der Waals surface area contributed by atoms with Gasteiger partial charge in [-0.1, -0.05) is 0 Å². The SMILES string of the molecule is CCO[C@@H]1C[C@H](Nc2c(C)c(C)nc3ncnn23)[C@@H]1OC. The summed E-state index contributed by atoms with van der Waals surface area (Å²) in [6.07, 6.45) is 2.65. The van der Waals surface area contributed by atoms with E-state index in [-0.39, 0.29) is 18.2 Å². The van der Waals surface area contributed by atoms with E-state index in [1.165, 1.54) is 6.33 Å². The minimum absolute atomic E-state index is 0.0522. The maximum atomic E-state index is 5.66. The van der Waals surface area contributed by atoms with E-state index in [2.05, 4.69) is 20.4 Å². The van der Waals surface area contributed by atoms with E-state index >= 15 is 0 Å². The van der Waals surface area contributed by atoms with E-state index in [0.717, 1.165) is 23.5 Å². The highest BCUT2D eigenvalue weighted by atomic mass is 16.5. The molecule has 2 heterocycles. The van der Waals surface area contributed by atoms with Crippen molar-refractivity contribution in [1.82, 2.24) is 19.6 Å². The van der Waals surface area contributed by atoms with Gasteiger partial charge in [-0.25, -0.2) is 4.98 Å². The molecule has 0 amide bonds. The Morgan fingerprint density at radius 3 is 2.95 bits per heavy atom. The summed E-state index contributed by atoms with van der Waals surface area (Å²) in [6, 6.07) is 0.208.